The van der Waals surface area contributed by atoms with Crippen LogP contribution in [0.3, 0.4) is 0 Å². The van der Waals surface area contributed by atoms with E-state index in [0.717, 1.165) is 19.4 Å². The number of nitrogens with two attached hydrogens (primary N) is 1. The first-order valence-electron chi connectivity index (χ1n) is 4.06. The van der Waals surface area contributed by atoms with Crippen molar-refractivity contribution in [2.24, 2.45) is 5.73 Å². The van der Waals surface area contributed by atoms with Crippen LogP contribution < -0.4 is 5.73 Å². The lowest BCUT2D eigenvalue weighted by Gasteiger charge is -2.38. The summed E-state index contributed by atoms with van der Waals surface area (Å²) in [5.74, 6) is 0. The molecular formula is C8H14Cl2N2. The summed E-state index contributed by atoms with van der Waals surface area (Å²) in [6.07, 6.45) is 3.97. The zero-order valence-electron chi connectivity index (χ0n) is 7.13. The van der Waals surface area contributed by atoms with Gasteiger partial charge in [-0.1, -0.05) is 23.2 Å². The molecule has 2 nitrogen and oxygen atoms in total. The maximum atomic E-state index is 5.67. The molecule has 1 fully saturated rings. The zero-order valence-corrected chi connectivity index (χ0v) is 8.65. The summed E-state index contributed by atoms with van der Waals surface area (Å²) in [5.41, 5.74) is 5.67. The van der Waals surface area contributed by atoms with Crippen LogP contribution in [0.1, 0.15) is 12.8 Å². The third-order valence-electron chi connectivity index (χ3n) is 2.31. The first kappa shape index (κ1) is 10.3. The molecular weight excluding hydrogens is 195 g/mol. The van der Waals surface area contributed by atoms with E-state index in [9.17, 15) is 0 Å². The van der Waals surface area contributed by atoms with Crippen LogP contribution in [0.5, 0.6) is 0 Å². The zero-order chi connectivity index (χ0) is 9.14. The summed E-state index contributed by atoms with van der Waals surface area (Å²) in [4.78, 5) is 2.22. The van der Waals surface area contributed by atoms with E-state index in [-0.39, 0.29) is 0 Å². The van der Waals surface area contributed by atoms with Gasteiger partial charge in [0.05, 0.1) is 0 Å². The average molecular weight is 209 g/mol. The van der Waals surface area contributed by atoms with Crippen molar-refractivity contribution in [3.05, 3.63) is 10.6 Å². The molecule has 1 aliphatic carbocycles. The fourth-order valence-electron chi connectivity index (χ4n) is 1.35. The Morgan fingerprint density at radius 2 is 2.17 bits per heavy atom. The highest BCUT2D eigenvalue weighted by Crippen LogP contribution is 2.22. The number of rotatable bonds is 3. The maximum absolute atomic E-state index is 5.67. The van der Waals surface area contributed by atoms with E-state index >= 15 is 0 Å². The van der Waals surface area contributed by atoms with Crippen LogP contribution >= 0.6 is 23.2 Å². The molecule has 0 spiro atoms. The van der Waals surface area contributed by atoms with Crippen LogP contribution in [0, 0.1) is 0 Å². The highest BCUT2D eigenvalue weighted by Gasteiger charge is 2.28. The van der Waals surface area contributed by atoms with Gasteiger partial charge in [0, 0.05) is 18.6 Å². The molecule has 0 radical (unpaired) electrons. The van der Waals surface area contributed by atoms with Crippen molar-refractivity contribution in [1.82, 2.24) is 4.90 Å². The number of likely N-dealkylation sites (N-methyl/N-ethyl adjacent to an activating group) is 1. The van der Waals surface area contributed by atoms with E-state index in [1.807, 2.05) is 0 Å². The van der Waals surface area contributed by atoms with Crippen LogP contribution in [0.2, 0.25) is 0 Å². The van der Waals surface area contributed by atoms with Crippen LogP contribution in [0.15, 0.2) is 10.6 Å². The second-order valence-electron chi connectivity index (χ2n) is 3.32. The van der Waals surface area contributed by atoms with E-state index < -0.39 is 0 Å². The van der Waals surface area contributed by atoms with Crippen molar-refractivity contribution in [1.29, 1.82) is 0 Å². The Kier molecular flexibility index (Phi) is 3.84. The van der Waals surface area contributed by atoms with Crippen molar-refractivity contribution >= 4 is 23.2 Å². The second kappa shape index (κ2) is 4.47. The van der Waals surface area contributed by atoms with Crippen molar-refractivity contribution < 1.29 is 0 Å². The molecule has 0 atom stereocenters. The maximum Gasteiger partial charge on any atom is 0.104 e. The molecule has 0 amide bonds. The Hall–Kier alpha value is 0.240. The molecule has 0 aromatic carbocycles. The lowest BCUT2D eigenvalue weighted by atomic mass is 9.86. The van der Waals surface area contributed by atoms with Crippen molar-refractivity contribution in [2.45, 2.75) is 24.9 Å². The molecule has 0 aromatic rings. The highest BCUT2D eigenvalue weighted by molar-refractivity contribution is 6.55. The molecule has 4 heteroatoms. The molecule has 1 aliphatic rings. The Bertz CT molecular complexity index is 172. The van der Waals surface area contributed by atoms with Crippen molar-refractivity contribution in [2.75, 3.05) is 13.6 Å². The Labute approximate surface area is 83.3 Å². The standard InChI is InChI=1S/C8H14Cl2N2/c1-12(3-2-8(9)10)7-4-6(11)5-7/h2,6-7H,3-5,11H2,1H3. The second-order valence-corrected chi connectivity index (χ2v) is 4.33. The molecule has 0 aliphatic heterocycles. The summed E-state index contributed by atoms with van der Waals surface area (Å²) in [6, 6.07) is 1.01. The monoisotopic (exact) mass is 208 g/mol. The topological polar surface area (TPSA) is 29.3 Å². The summed E-state index contributed by atoms with van der Waals surface area (Å²) >= 11 is 11.0. The van der Waals surface area contributed by atoms with E-state index in [4.69, 9.17) is 28.9 Å². The van der Waals surface area contributed by atoms with Gasteiger partial charge < -0.3 is 5.73 Å². The third-order valence-corrected chi connectivity index (χ3v) is 2.62. The van der Waals surface area contributed by atoms with Crippen molar-refractivity contribution in [3.8, 4) is 0 Å². The largest absolute Gasteiger partial charge is 0.328 e. The minimum absolute atomic E-state index is 0.338. The lowest BCUT2D eigenvalue weighted by Crippen LogP contribution is -2.49. The van der Waals surface area contributed by atoms with Gasteiger partial charge in [-0.05, 0) is 26.0 Å². The summed E-state index contributed by atoms with van der Waals surface area (Å²) in [7, 11) is 2.06. The van der Waals surface area contributed by atoms with Crippen LogP contribution in [0.4, 0.5) is 0 Å². The van der Waals surface area contributed by atoms with E-state index in [2.05, 4.69) is 11.9 Å². The molecule has 70 valence electrons. The van der Waals surface area contributed by atoms with Gasteiger partial charge in [-0.3, -0.25) is 4.90 Å². The summed E-state index contributed by atoms with van der Waals surface area (Å²) in [5, 5.41) is 0. The van der Waals surface area contributed by atoms with Gasteiger partial charge >= 0.3 is 0 Å². The molecule has 0 unspecified atom stereocenters. The van der Waals surface area contributed by atoms with Gasteiger partial charge in [0.1, 0.15) is 4.49 Å². The number of hydrogen-bond donors (Lipinski definition) is 1. The van der Waals surface area contributed by atoms with Gasteiger partial charge in [0.2, 0.25) is 0 Å². The lowest BCUT2D eigenvalue weighted by molar-refractivity contribution is 0.152. The minimum atomic E-state index is 0.338. The molecule has 1 saturated carbocycles. The Morgan fingerprint density at radius 3 is 2.58 bits per heavy atom. The van der Waals surface area contributed by atoms with Gasteiger partial charge in [-0.2, -0.15) is 0 Å². The Morgan fingerprint density at radius 1 is 1.58 bits per heavy atom. The first-order valence-corrected chi connectivity index (χ1v) is 4.82. The molecule has 0 aromatic heterocycles. The molecule has 1 rings (SSSR count). The highest BCUT2D eigenvalue weighted by atomic mass is 35.5. The SMILES string of the molecule is CN(CC=C(Cl)Cl)C1CC(N)C1. The molecule has 12 heavy (non-hydrogen) atoms. The summed E-state index contributed by atoms with van der Waals surface area (Å²) in [6.45, 7) is 0.805. The number of hydrogen-bond acceptors (Lipinski definition) is 2. The first-order chi connectivity index (χ1) is 5.59. The predicted octanol–water partition coefficient (Wildman–Crippen LogP) is 1.73. The molecule has 2 N–H and O–H groups in total. The average Bonchev–Trinajstić information content (AvgIpc) is 1.94. The quantitative estimate of drug-likeness (QED) is 0.766. The fraction of sp³-hybridized carbons (Fsp3) is 0.750. The predicted molar refractivity (Wildman–Crippen MR) is 53.4 cm³/mol. The van der Waals surface area contributed by atoms with Gasteiger partial charge in [0.15, 0.2) is 0 Å². The summed E-state index contributed by atoms with van der Waals surface area (Å²) < 4.78 is 0.338. The van der Waals surface area contributed by atoms with Crippen LogP contribution in [-0.2, 0) is 0 Å². The molecule has 0 bridgehead atoms. The van der Waals surface area contributed by atoms with Gasteiger partial charge in [0.25, 0.3) is 0 Å². The smallest absolute Gasteiger partial charge is 0.104 e. The van der Waals surface area contributed by atoms with Gasteiger partial charge in [-0.15, -0.1) is 0 Å². The molecule has 0 heterocycles. The van der Waals surface area contributed by atoms with Crippen molar-refractivity contribution in [3.63, 3.8) is 0 Å². The number of halogens is 2. The fourth-order valence-corrected chi connectivity index (χ4v) is 1.49. The third kappa shape index (κ3) is 2.94. The van der Waals surface area contributed by atoms with Crippen LogP contribution in [-0.4, -0.2) is 30.6 Å². The normalized spacial score (nSPS) is 28.4. The van der Waals surface area contributed by atoms with E-state index in [0.29, 0.717) is 16.6 Å². The van der Waals surface area contributed by atoms with E-state index in [1.165, 1.54) is 0 Å². The Balaban J connectivity index is 2.21. The van der Waals surface area contributed by atoms with E-state index in [1.54, 1.807) is 6.08 Å². The van der Waals surface area contributed by atoms with Crippen LogP contribution in [0.25, 0.3) is 0 Å². The van der Waals surface area contributed by atoms with Gasteiger partial charge in [-0.25, -0.2) is 0 Å². The minimum Gasteiger partial charge on any atom is -0.328 e. The number of nitrogens with zero attached hydrogens (tertiary/aromatic N) is 1. The molecule has 0 saturated heterocycles.